The quantitative estimate of drug-likeness (QED) is 0.856. The third kappa shape index (κ3) is 3.26. The molecule has 2 nitrogen and oxygen atoms in total. The van der Waals surface area contributed by atoms with Crippen molar-refractivity contribution >= 4 is 5.69 Å². The maximum atomic E-state index is 3.27. The molecule has 2 heteroatoms. The highest BCUT2D eigenvalue weighted by Crippen LogP contribution is 2.28. The molecule has 100 valence electrons. The molecule has 1 aromatic rings. The zero-order chi connectivity index (χ0) is 12.8. The zero-order valence-corrected chi connectivity index (χ0v) is 11.8. The van der Waals surface area contributed by atoms with Crippen LogP contribution in [-0.2, 0) is 6.54 Å². The first kappa shape index (κ1) is 13.4. The largest absolute Gasteiger partial charge is 0.371 e. The van der Waals surface area contributed by atoms with Crippen molar-refractivity contribution in [3.63, 3.8) is 0 Å². The normalized spacial score (nSPS) is 17.1. The first-order valence-electron chi connectivity index (χ1n) is 7.32. The lowest BCUT2D eigenvalue weighted by Crippen LogP contribution is -2.34. The Morgan fingerprint density at radius 2 is 1.94 bits per heavy atom. The highest BCUT2D eigenvalue weighted by atomic mass is 15.1. The van der Waals surface area contributed by atoms with Gasteiger partial charge in [-0.3, -0.25) is 0 Å². The van der Waals surface area contributed by atoms with Gasteiger partial charge in [0.15, 0.2) is 0 Å². The fraction of sp³-hybridized carbons (Fsp3) is 0.625. The molecule has 0 atom stereocenters. The van der Waals surface area contributed by atoms with Crippen molar-refractivity contribution in [2.45, 2.75) is 39.2 Å². The topological polar surface area (TPSA) is 15.3 Å². The first-order chi connectivity index (χ1) is 8.85. The van der Waals surface area contributed by atoms with Crippen LogP contribution in [0.1, 0.15) is 38.2 Å². The van der Waals surface area contributed by atoms with E-state index in [0.717, 1.165) is 12.5 Å². The maximum absolute atomic E-state index is 3.27. The van der Waals surface area contributed by atoms with Gasteiger partial charge in [0.1, 0.15) is 0 Å². The Kier molecular flexibility index (Phi) is 5.06. The van der Waals surface area contributed by atoms with Gasteiger partial charge >= 0.3 is 0 Å². The summed E-state index contributed by atoms with van der Waals surface area (Å²) in [4.78, 5) is 2.57. The van der Waals surface area contributed by atoms with E-state index in [-0.39, 0.29) is 0 Å². The zero-order valence-electron chi connectivity index (χ0n) is 11.8. The van der Waals surface area contributed by atoms with Crippen LogP contribution in [0.2, 0.25) is 0 Å². The number of rotatable bonds is 5. The monoisotopic (exact) mass is 246 g/mol. The minimum atomic E-state index is 0.961. The van der Waals surface area contributed by atoms with Gasteiger partial charge in [-0.2, -0.15) is 0 Å². The average molecular weight is 246 g/mol. The van der Waals surface area contributed by atoms with Gasteiger partial charge < -0.3 is 10.2 Å². The Labute approximate surface area is 111 Å². The van der Waals surface area contributed by atoms with E-state index < -0.39 is 0 Å². The summed E-state index contributed by atoms with van der Waals surface area (Å²) < 4.78 is 0. The molecule has 0 amide bonds. The summed E-state index contributed by atoms with van der Waals surface area (Å²) in [6, 6.07) is 8.81. The molecule has 1 heterocycles. The van der Waals surface area contributed by atoms with Gasteiger partial charge in [-0.1, -0.05) is 38.0 Å². The minimum absolute atomic E-state index is 0.961. The van der Waals surface area contributed by atoms with Crippen molar-refractivity contribution in [2.24, 2.45) is 5.92 Å². The van der Waals surface area contributed by atoms with E-state index in [0.29, 0.717) is 0 Å². The number of nitrogens with one attached hydrogen (secondary N) is 1. The molecule has 0 bridgehead atoms. The highest BCUT2D eigenvalue weighted by Gasteiger charge is 2.19. The summed E-state index contributed by atoms with van der Waals surface area (Å²) in [5, 5.41) is 3.27. The predicted molar refractivity (Wildman–Crippen MR) is 79.1 cm³/mol. The van der Waals surface area contributed by atoms with E-state index >= 15 is 0 Å². The summed E-state index contributed by atoms with van der Waals surface area (Å²) in [6.07, 6.45) is 5.47. The van der Waals surface area contributed by atoms with E-state index in [1.807, 2.05) is 7.05 Å². The number of anilines is 1. The van der Waals surface area contributed by atoms with Crippen molar-refractivity contribution < 1.29 is 0 Å². The summed E-state index contributed by atoms with van der Waals surface area (Å²) in [5.74, 6) is 0.961. The highest BCUT2D eigenvalue weighted by molar-refractivity contribution is 5.53. The lowest BCUT2D eigenvalue weighted by atomic mass is 9.92. The Balaban J connectivity index is 2.00. The molecule has 2 rings (SSSR count). The van der Waals surface area contributed by atoms with Crippen LogP contribution in [0.15, 0.2) is 24.3 Å². The van der Waals surface area contributed by atoms with E-state index in [1.54, 1.807) is 0 Å². The molecular formula is C16H26N2. The van der Waals surface area contributed by atoms with E-state index in [9.17, 15) is 0 Å². The molecular weight excluding hydrogens is 220 g/mol. The third-order valence-corrected chi connectivity index (χ3v) is 4.01. The van der Waals surface area contributed by atoms with E-state index in [2.05, 4.69) is 41.4 Å². The Hall–Kier alpha value is -1.02. The standard InChI is InChI=1S/C16H26N2/c1-3-6-14-9-11-18(12-10-14)16-8-5-4-7-15(16)13-17-2/h4-5,7-8,14,17H,3,6,9-13H2,1-2H3. The molecule has 1 fully saturated rings. The number of nitrogens with zero attached hydrogens (tertiary/aromatic N) is 1. The molecule has 1 aromatic carbocycles. The van der Waals surface area contributed by atoms with Gasteiger partial charge in [0.25, 0.3) is 0 Å². The maximum Gasteiger partial charge on any atom is 0.0411 e. The second kappa shape index (κ2) is 6.79. The molecule has 0 aromatic heterocycles. The van der Waals surface area contributed by atoms with Crippen LogP contribution in [0.5, 0.6) is 0 Å². The lowest BCUT2D eigenvalue weighted by molar-refractivity contribution is 0.378. The van der Waals surface area contributed by atoms with Gasteiger partial charge in [0, 0.05) is 25.3 Å². The van der Waals surface area contributed by atoms with Crippen LogP contribution in [-0.4, -0.2) is 20.1 Å². The third-order valence-electron chi connectivity index (χ3n) is 4.01. The molecule has 1 aliphatic rings. The Morgan fingerprint density at radius 1 is 1.22 bits per heavy atom. The number of para-hydroxylation sites is 1. The lowest BCUT2D eigenvalue weighted by Gasteiger charge is -2.34. The number of hydrogen-bond acceptors (Lipinski definition) is 2. The van der Waals surface area contributed by atoms with Crippen LogP contribution >= 0.6 is 0 Å². The second-order valence-electron chi connectivity index (χ2n) is 5.38. The molecule has 0 radical (unpaired) electrons. The van der Waals surface area contributed by atoms with Crippen LogP contribution in [0.4, 0.5) is 5.69 Å². The molecule has 1 saturated heterocycles. The fourth-order valence-electron chi connectivity index (χ4n) is 3.03. The van der Waals surface area contributed by atoms with Crippen LogP contribution in [0, 0.1) is 5.92 Å². The van der Waals surface area contributed by atoms with Crippen LogP contribution in [0.3, 0.4) is 0 Å². The number of piperidine rings is 1. The molecule has 0 saturated carbocycles. The Morgan fingerprint density at radius 3 is 2.61 bits per heavy atom. The summed E-state index contributed by atoms with van der Waals surface area (Å²) in [6.45, 7) is 5.72. The van der Waals surface area contributed by atoms with E-state index in [1.165, 1.54) is 50.0 Å². The summed E-state index contributed by atoms with van der Waals surface area (Å²) >= 11 is 0. The van der Waals surface area contributed by atoms with Gasteiger partial charge in [-0.05, 0) is 37.4 Å². The van der Waals surface area contributed by atoms with E-state index in [4.69, 9.17) is 0 Å². The molecule has 0 aliphatic carbocycles. The second-order valence-corrected chi connectivity index (χ2v) is 5.38. The van der Waals surface area contributed by atoms with Crippen molar-refractivity contribution in [1.82, 2.24) is 5.32 Å². The molecule has 1 N–H and O–H groups in total. The van der Waals surface area contributed by atoms with Crippen molar-refractivity contribution in [3.8, 4) is 0 Å². The van der Waals surface area contributed by atoms with Crippen LogP contribution in [0.25, 0.3) is 0 Å². The molecule has 0 spiro atoms. The van der Waals surface area contributed by atoms with Gasteiger partial charge in [0.2, 0.25) is 0 Å². The van der Waals surface area contributed by atoms with Crippen molar-refractivity contribution in [1.29, 1.82) is 0 Å². The van der Waals surface area contributed by atoms with Gasteiger partial charge in [-0.15, -0.1) is 0 Å². The first-order valence-corrected chi connectivity index (χ1v) is 7.32. The van der Waals surface area contributed by atoms with Crippen LogP contribution < -0.4 is 10.2 Å². The number of hydrogen-bond donors (Lipinski definition) is 1. The Bertz CT molecular complexity index is 354. The molecule has 1 aliphatic heterocycles. The average Bonchev–Trinajstić information content (AvgIpc) is 2.41. The number of benzene rings is 1. The van der Waals surface area contributed by atoms with Crippen molar-refractivity contribution in [2.75, 3.05) is 25.0 Å². The van der Waals surface area contributed by atoms with Gasteiger partial charge in [0.05, 0.1) is 0 Å². The molecule has 0 unspecified atom stereocenters. The SMILES string of the molecule is CCCC1CCN(c2ccccc2CNC)CC1. The minimum Gasteiger partial charge on any atom is -0.371 e. The smallest absolute Gasteiger partial charge is 0.0411 e. The predicted octanol–water partition coefficient (Wildman–Crippen LogP) is 3.42. The van der Waals surface area contributed by atoms with Gasteiger partial charge in [-0.25, -0.2) is 0 Å². The molecule has 18 heavy (non-hydrogen) atoms. The summed E-state index contributed by atoms with van der Waals surface area (Å²) in [5.41, 5.74) is 2.86. The van der Waals surface area contributed by atoms with Crippen molar-refractivity contribution in [3.05, 3.63) is 29.8 Å². The summed E-state index contributed by atoms with van der Waals surface area (Å²) in [7, 11) is 2.02. The fourth-order valence-corrected chi connectivity index (χ4v) is 3.03.